The molecule has 0 heterocycles. The second-order valence-corrected chi connectivity index (χ2v) is 5.61. The smallest absolute Gasteiger partial charge is 0.127 e. The normalized spacial score (nSPS) is 17.1. The molecule has 3 heteroatoms. The summed E-state index contributed by atoms with van der Waals surface area (Å²) in [6, 6.07) is 6.30. The summed E-state index contributed by atoms with van der Waals surface area (Å²) in [6.07, 6.45) is 5.32. The Morgan fingerprint density at radius 2 is 1.95 bits per heavy atom. The molecule has 1 aromatic carbocycles. The first-order valence-electron chi connectivity index (χ1n) is 7.79. The first-order chi connectivity index (χ1) is 9.76. The molecule has 0 aromatic heterocycles. The largest absolute Gasteiger partial charge is 0.496 e. The van der Waals surface area contributed by atoms with Gasteiger partial charge in [-0.25, -0.2) is 0 Å². The Labute approximate surface area is 122 Å². The first kappa shape index (κ1) is 15.2. The fourth-order valence-corrected chi connectivity index (χ4v) is 3.05. The van der Waals surface area contributed by atoms with E-state index in [9.17, 15) is 0 Å². The van der Waals surface area contributed by atoms with Gasteiger partial charge in [-0.05, 0) is 44.4 Å². The maximum atomic E-state index is 6.11. The molecule has 1 aliphatic carbocycles. The molecule has 0 saturated heterocycles. The molecule has 2 rings (SSSR count). The zero-order chi connectivity index (χ0) is 14.4. The van der Waals surface area contributed by atoms with E-state index in [-0.39, 0.29) is 6.04 Å². The van der Waals surface area contributed by atoms with Crippen molar-refractivity contribution in [3.8, 4) is 11.5 Å². The third-order valence-corrected chi connectivity index (χ3v) is 4.14. The standard InChI is InChI=1S/C17H27NO2/c1-4-18-13(2)17-15(19-3)10-7-11-16(17)20-12-14-8-5-6-9-14/h7,10-11,13-14,18H,4-6,8-9,12H2,1-3H3. The van der Waals surface area contributed by atoms with Crippen molar-refractivity contribution in [1.29, 1.82) is 0 Å². The number of methoxy groups -OCH3 is 1. The molecule has 1 unspecified atom stereocenters. The summed E-state index contributed by atoms with van der Waals surface area (Å²) in [5.74, 6) is 2.59. The number of rotatable bonds is 7. The lowest BCUT2D eigenvalue weighted by molar-refractivity contribution is 0.246. The lowest BCUT2D eigenvalue weighted by atomic mass is 10.1. The van der Waals surface area contributed by atoms with Crippen LogP contribution in [0.2, 0.25) is 0 Å². The topological polar surface area (TPSA) is 30.5 Å². The summed E-state index contributed by atoms with van der Waals surface area (Å²) in [6.45, 7) is 6.04. The monoisotopic (exact) mass is 277 g/mol. The minimum atomic E-state index is 0.231. The van der Waals surface area contributed by atoms with Crippen LogP contribution in [0.1, 0.15) is 51.1 Å². The second-order valence-electron chi connectivity index (χ2n) is 5.61. The average molecular weight is 277 g/mol. The van der Waals surface area contributed by atoms with Crippen LogP contribution in [-0.2, 0) is 0 Å². The highest BCUT2D eigenvalue weighted by atomic mass is 16.5. The molecule has 3 nitrogen and oxygen atoms in total. The summed E-state index contributed by atoms with van der Waals surface area (Å²) >= 11 is 0. The fraction of sp³-hybridized carbons (Fsp3) is 0.647. The van der Waals surface area contributed by atoms with Gasteiger partial charge in [0.2, 0.25) is 0 Å². The van der Waals surface area contributed by atoms with Crippen LogP contribution < -0.4 is 14.8 Å². The number of hydrogen-bond acceptors (Lipinski definition) is 3. The van der Waals surface area contributed by atoms with Crippen molar-refractivity contribution in [3.05, 3.63) is 23.8 Å². The van der Waals surface area contributed by atoms with Crippen LogP contribution in [0.5, 0.6) is 11.5 Å². The van der Waals surface area contributed by atoms with E-state index in [0.29, 0.717) is 0 Å². The average Bonchev–Trinajstić information content (AvgIpc) is 2.98. The Morgan fingerprint density at radius 3 is 2.60 bits per heavy atom. The van der Waals surface area contributed by atoms with Gasteiger partial charge in [0, 0.05) is 6.04 Å². The lowest BCUT2D eigenvalue weighted by Gasteiger charge is -2.21. The Balaban J connectivity index is 2.12. The SMILES string of the molecule is CCNC(C)c1c(OC)cccc1OCC1CCCC1. The summed E-state index contributed by atoms with van der Waals surface area (Å²) in [5.41, 5.74) is 1.13. The van der Waals surface area contributed by atoms with Gasteiger partial charge in [-0.1, -0.05) is 25.8 Å². The highest BCUT2D eigenvalue weighted by Crippen LogP contribution is 2.35. The van der Waals surface area contributed by atoms with Crippen molar-refractivity contribution < 1.29 is 9.47 Å². The van der Waals surface area contributed by atoms with Crippen LogP contribution in [0, 0.1) is 5.92 Å². The summed E-state index contributed by atoms with van der Waals surface area (Å²) in [5, 5.41) is 3.44. The Hall–Kier alpha value is -1.22. The van der Waals surface area contributed by atoms with E-state index in [2.05, 4.69) is 25.2 Å². The molecule has 1 aliphatic rings. The van der Waals surface area contributed by atoms with Crippen LogP contribution in [0.4, 0.5) is 0 Å². The maximum Gasteiger partial charge on any atom is 0.127 e. The second kappa shape index (κ2) is 7.53. The molecule has 0 amide bonds. The minimum Gasteiger partial charge on any atom is -0.496 e. The number of ether oxygens (including phenoxy) is 2. The van der Waals surface area contributed by atoms with E-state index in [4.69, 9.17) is 9.47 Å². The number of hydrogen-bond donors (Lipinski definition) is 1. The summed E-state index contributed by atoms with van der Waals surface area (Å²) < 4.78 is 11.6. The molecule has 112 valence electrons. The highest BCUT2D eigenvalue weighted by molar-refractivity contribution is 5.46. The van der Waals surface area contributed by atoms with Crippen molar-refractivity contribution in [3.63, 3.8) is 0 Å². The van der Waals surface area contributed by atoms with Crippen LogP contribution in [0.3, 0.4) is 0 Å². The van der Waals surface area contributed by atoms with Crippen molar-refractivity contribution in [2.45, 2.75) is 45.6 Å². The summed E-state index contributed by atoms with van der Waals surface area (Å²) in [4.78, 5) is 0. The fourth-order valence-electron chi connectivity index (χ4n) is 3.05. The van der Waals surface area contributed by atoms with Crippen molar-refractivity contribution >= 4 is 0 Å². The Bertz CT molecular complexity index is 413. The predicted octanol–water partition coefficient (Wildman–Crippen LogP) is 3.93. The van der Waals surface area contributed by atoms with Gasteiger partial charge in [0.05, 0.1) is 19.3 Å². The molecule has 1 N–H and O–H groups in total. The van der Waals surface area contributed by atoms with Gasteiger partial charge < -0.3 is 14.8 Å². The van der Waals surface area contributed by atoms with E-state index in [0.717, 1.165) is 36.1 Å². The molecule has 0 bridgehead atoms. The van der Waals surface area contributed by atoms with E-state index in [1.807, 2.05) is 12.1 Å². The molecule has 1 atom stereocenters. The summed E-state index contributed by atoms with van der Waals surface area (Å²) in [7, 11) is 1.72. The van der Waals surface area contributed by atoms with Crippen LogP contribution in [0.15, 0.2) is 18.2 Å². The predicted molar refractivity (Wildman–Crippen MR) is 82.5 cm³/mol. The Morgan fingerprint density at radius 1 is 1.25 bits per heavy atom. The van der Waals surface area contributed by atoms with Crippen molar-refractivity contribution in [2.24, 2.45) is 5.92 Å². The van der Waals surface area contributed by atoms with Gasteiger partial charge in [0.1, 0.15) is 11.5 Å². The number of benzene rings is 1. The zero-order valence-electron chi connectivity index (χ0n) is 12.9. The van der Waals surface area contributed by atoms with E-state index < -0.39 is 0 Å². The van der Waals surface area contributed by atoms with Crippen molar-refractivity contribution in [1.82, 2.24) is 5.32 Å². The number of nitrogens with one attached hydrogen (secondary N) is 1. The first-order valence-corrected chi connectivity index (χ1v) is 7.79. The quantitative estimate of drug-likeness (QED) is 0.819. The van der Waals surface area contributed by atoms with Gasteiger partial charge in [0.15, 0.2) is 0 Å². The highest BCUT2D eigenvalue weighted by Gasteiger charge is 2.19. The Kier molecular flexibility index (Phi) is 5.72. The third kappa shape index (κ3) is 3.66. The molecule has 0 radical (unpaired) electrons. The molecular formula is C17H27NO2. The maximum absolute atomic E-state index is 6.11. The van der Waals surface area contributed by atoms with Crippen LogP contribution >= 0.6 is 0 Å². The van der Waals surface area contributed by atoms with Gasteiger partial charge in [-0.3, -0.25) is 0 Å². The van der Waals surface area contributed by atoms with E-state index in [1.54, 1.807) is 7.11 Å². The molecular weight excluding hydrogens is 250 g/mol. The van der Waals surface area contributed by atoms with Gasteiger partial charge in [0.25, 0.3) is 0 Å². The molecule has 1 saturated carbocycles. The van der Waals surface area contributed by atoms with Gasteiger partial charge >= 0.3 is 0 Å². The van der Waals surface area contributed by atoms with Gasteiger partial charge in [-0.15, -0.1) is 0 Å². The zero-order valence-corrected chi connectivity index (χ0v) is 12.9. The molecule has 1 fully saturated rings. The molecule has 0 spiro atoms. The van der Waals surface area contributed by atoms with Crippen LogP contribution in [-0.4, -0.2) is 20.3 Å². The lowest BCUT2D eigenvalue weighted by Crippen LogP contribution is -2.20. The molecule has 1 aromatic rings. The molecule has 0 aliphatic heterocycles. The van der Waals surface area contributed by atoms with E-state index >= 15 is 0 Å². The van der Waals surface area contributed by atoms with Crippen molar-refractivity contribution in [2.75, 3.05) is 20.3 Å². The minimum absolute atomic E-state index is 0.231. The van der Waals surface area contributed by atoms with E-state index in [1.165, 1.54) is 25.7 Å². The third-order valence-electron chi connectivity index (χ3n) is 4.14. The van der Waals surface area contributed by atoms with Crippen LogP contribution in [0.25, 0.3) is 0 Å². The molecule has 20 heavy (non-hydrogen) atoms. The van der Waals surface area contributed by atoms with Gasteiger partial charge in [-0.2, -0.15) is 0 Å².